The van der Waals surface area contributed by atoms with Gasteiger partial charge in [0.1, 0.15) is 0 Å². The van der Waals surface area contributed by atoms with Crippen LogP contribution in [0, 0.1) is 0 Å². The van der Waals surface area contributed by atoms with Crippen LogP contribution in [0.1, 0.15) is 20.3 Å². The van der Waals surface area contributed by atoms with Crippen molar-refractivity contribution in [3.05, 3.63) is 11.6 Å². The van der Waals surface area contributed by atoms with Gasteiger partial charge >= 0.3 is 0 Å². The van der Waals surface area contributed by atoms with Crippen molar-refractivity contribution >= 4 is 5.78 Å². The van der Waals surface area contributed by atoms with E-state index < -0.39 is 0 Å². The van der Waals surface area contributed by atoms with E-state index in [1.165, 1.54) is 0 Å². The Morgan fingerprint density at radius 1 is 1.80 bits per heavy atom. The van der Waals surface area contributed by atoms with E-state index in [-0.39, 0.29) is 5.78 Å². The standard InChI is InChI=1S/C8H13NO/c1-6-5-8(7(2)10)3-4-9-6/h3,6,9H,4-5H2,1-2H3. The lowest BCUT2D eigenvalue weighted by Crippen LogP contribution is -2.31. The lowest BCUT2D eigenvalue weighted by atomic mass is 10.0. The number of rotatable bonds is 1. The van der Waals surface area contributed by atoms with Crippen LogP contribution in [0.4, 0.5) is 0 Å². The van der Waals surface area contributed by atoms with E-state index in [1.54, 1.807) is 6.92 Å². The van der Waals surface area contributed by atoms with Crippen LogP contribution >= 0.6 is 0 Å². The normalized spacial score (nSPS) is 25.8. The first kappa shape index (κ1) is 7.48. The highest BCUT2D eigenvalue weighted by Crippen LogP contribution is 2.09. The molecule has 1 aliphatic rings. The van der Waals surface area contributed by atoms with E-state index in [4.69, 9.17) is 0 Å². The summed E-state index contributed by atoms with van der Waals surface area (Å²) in [5.41, 5.74) is 0.978. The lowest BCUT2D eigenvalue weighted by Gasteiger charge is -2.18. The zero-order chi connectivity index (χ0) is 7.56. The van der Waals surface area contributed by atoms with Gasteiger partial charge in [0.15, 0.2) is 5.78 Å². The molecule has 0 fully saturated rings. The molecule has 1 heterocycles. The molecule has 1 N–H and O–H groups in total. The fraction of sp³-hybridized carbons (Fsp3) is 0.625. The molecule has 0 aromatic heterocycles. The summed E-state index contributed by atoms with van der Waals surface area (Å²) in [5, 5.41) is 3.24. The maximum atomic E-state index is 10.8. The van der Waals surface area contributed by atoms with Crippen molar-refractivity contribution in [2.45, 2.75) is 26.3 Å². The fourth-order valence-electron chi connectivity index (χ4n) is 1.16. The average Bonchev–Trinajstić information content (AvgIpc) is 1.88. The van der Waals surface area contributed by atoms with Gasteiger partial charge in [-0.25, -0.2) is 0 Å². The summed E-state index contributed by atoms with van der Waals surface area (Å²) in [6, 6.07) is 0.462. The molecule has 2 nitrogen and oxygen atoms in total. The first-order valence-electron chi connectivity index (χ1n) is 3.63. The molecular weight excluding hydrogens is 126 g/mol. The van der Waals surface area contributed by atoms with Crippen molar-refractivity contribution in [1.29, 1.82) is 0 Å². The molecule has 0 saturated carbocycles. The molecule has 2 heteroatoms. The maximum Gasteiger partial charge on any atom is 0.155 e. The molecule has 0 spiro atoms. The van der Waals surface area contributed by atoms with Crippen LogP contribution in [0.15, 0.2) is 11.6 Å². The van der Waals surface area contributed by atoms with E-state index in [0.29, 0.717) is 6.04 Å². The minimum atomic E-state index is 0.216. The van der Waals surface area contributed by atoms with Crippen molar-refractivity contribution in [3.63, 3.8) is 0 Å². The minimum absolute atomic E-state index is 0.216. The summed E-state index contributed by atoms with van der Waals surface area (Å²) in [4.78, 5) is 10.8. The van der Waals surface area contributed by atoms with Crippen LogP contribution < -0.4 is 5.32 Å². The molecule has 0 radical (unpaired) electrons. The number of Topliss-reactive ketones (excluding diaryl/α,β-unsaturated/α-hetero) is 1. The molecule has 0 aromatic rings. The molecule has 10 heavy (non-hydrogen) atoms. The van der Waals surface area contributed by atoms with Gasteiger partial charge in [-0.05, 0) is 25.8 Å². The van der Waals surface area contributed by atoms with Crippen molar-refractivity contribution < 1.29 is 4.79 Å². The lowest BCUT2D eigenvalue weighted by molar-refractivity contribution is -0.113. The second-order valence-electron chi connectivity index (χ2n) is 2.80. The van der Waals surface area contributed by atoms with E-state index in [1.807, 2.05) is 6.08 Å². The molecule has 0 amide bonds. The van der Waals surface area contributed by atoms with E-state index in [0.717, 1.165) is 18.5 Å². The highest BCUT2D eigenvalue weighted by atomic mass is 16.1. The molecule has 1 aliphatic heterocycles. The van der Waals surface area contributed by atoms with Crippen LogP contribution in [0.5, 0.6) is 0 Å². The molecule has 1 unspecified atom stereocenters. The summed E-state index contributed by atoms with van der Waals surface area (Å²) < 4.78 is 0. The first-order chi connectivity index (χ1) is 4.70. The van der Waals surface area contributed by atoms with E-state index >= 15 is 0 Å². The van der Waals surface area contributed by atoms with Gasteiger partial charge in [-0.2, -0.15) is 0 Å². The van der Waals surface area contributed by atoms with E-state index in [9.17, 15) is 4.79 Å². The molecule has 56 valence electrons. The topological polar surface area (TPSA) is 29.1 Å². The van der Waals surface area contributed by atoms with Crippen molar-refractivity contribution in [2.24, 2.45) is 0 Å². The number of carbonyl (C=O) groups excluding carboxylic acids is 1. The Labute approximate surface area is 61.3 Å². The van der Waals surface area contributed by atoms with Gasteiger partial charge < -0.3 is 5.32 Å². The molecule has 0 aliphatic carbocycles. The van der Waals surface area contributed by atoms with Crippen LogP contribution in [0.2, 0.25) is 0 Å². The van der Waals surface area contributed by atoms with Gasteiger partial charge in [-0.3, -0.25) is 4.79 Å². The SMILES string of the molecule is CC(=O)C1=CCNC(C)C1. The molecule has 1 atom stereocenters. The Balaban J connectivity index is 2.60. The highest BCUT2D eigenvalue weighted by molar-refractivity contribution is 5.93. The third-order valence-electron chi connectivity index (χ3n) is 1.79. The monoisotopic (exact) mass is 139 g/mol. The number of hydrogen-bond acceptors (Lipinski definition) is 2. The zero-order valence-electron chi connectivity index (χ0n) is 6.48. The maximum absolute atomic E-state index is 10.8. The Morgan fingerprint density at radius 3 is 2.90 bits per heavy atom. The third-order valence-corrected chi connectivity index (χ3v) is 1.79. The smallest absolute Gasteiger partial charge is 0.155 e. The van der Waals surface area contributed by atoms with Gasteiger partial charge in [-0.15, -0.1) is 0 Å². The van der Waals surface area contributed by atoms with Gasteiger partial charge in [0.25, 0.3) is 0 Å². The van der Waals surface area contributed by atoms with Crippen LogP contribution in [0.25, 0.3) is 0 Å². The minimum Gasteiger partial charge on any atom is -0.310 e. The van der Waals surface area contributed by atoms with Crippen molar-refractivity contribution in [2.75, 3.05) is 6.54 Å². The Morgan fingerprint density at radius 2 is 2.50 bits per heavy atom. The summed E-state index contributed by atoms with van der Waals surface area (Å²) in [7, 11) is 0. The summed E-state index contributed by atoms with van der Waals surface area (Å²) in [6.07, 6.45) is 2.86. The molecule has 0 aromatic carbocycles. The quantitative estimate of drug-likeness (QED) is 0.584. The fourth-order valence-corrected chi connectivity index (χ4v) is 1.16. The highest BCUT2D eigenvalue weighted by Gasteiger charge is 2.12. The van der Waals surface area contributed by atoms with Gasteiger partial charge in [0.2, 0.25) is 0 Å². The Bertz CT molecular complexity index is 172. The van der Waals surface area contributed by atoms with Crippen LogP contribution in [-0.4, -0.2) is 18.4 Å². The van der Waals surface area contributed by atoms with Crippen LogP contribution in [-0.2, 0) is 4.79 Å². The van der Waals surface area contributed by atoms with Crippen molar-refractivity contribution in [3.8, 4) is 0 Å². The largest absolute Gasteiger partial charge is 0.310 e. The summed E-state index contributed by atoms with van der Waals surface area (Å²) in [5.74, 6) is 0.216. The predicted octanol–water partition coefficient (Wildman–Crippen LogP) is 0.884. The Kier molecular flexibility index (Phi) is 2.22. The second-order valence-corrected chi connectivity index (χ2v) is 2.80. The third kappa shape index (κ3) is 1.67. The number of nitrogens with one attached hydrogen (secondary N) is 1. The first-order valence-corrected chi connectivity index (χ1v) is 3.63. The zero-order valence-corrected chi connectivity index (χ0v) is 6.48. The molecule has 0 bridgehead atoms. The number of ketones is 1. The van der Waals surface area contributed by atoms with Gasteiger partial charge in [0, 0.05) is 12.6 Å². The summed E-state index contributed by atoms with van der Waals surface area (Å²) in [6.45, 7) is 4.57. The van der Waals surface area contributed by atoms with E-state index in [2.05, 4.69) is 12.2 Å². The second kappa shape index (κ2) is 2.97. The van der Waals surface area contributed by atoms with Crippen LogP contribution in [0.3, 0.4) is 0 Å². The van der Waals surface area contributed by atoms with Gasteiger partial charge in [0.05, 0.1) is 0 Å². The summed E-state index contributed by atoms with van der Waals surface area (Å²) >= 11 is 0. The van der Waals surface area contributed by atoms with Crippen molar-refractivity contribution in [1.82, 2.24) is 5.32 Å². The number of carbonyl (C=O) groups is 1. The Hall–Kier alpha value is -0.630. The molecular formula is C8H13NO. The van der Waals surface area contributed by atoms with Gasteiger partial charge in [-0.1, -0.05) is 6.08 Å². The number of hydrogen-bond donors (Lipinski definition) is 1. The average molecular weight is 139 g/mol. The molecule has 1 rings (SSSR count). The predicted molar refractivity (Wildman–Crippen MR) is 40.8 cm³/mol. The molecule has 0 saturated heterocycles.